The van der Waals surface area contributed by atoms with Gasteiger partial charge in [-0.1, -0.05) is 12.8 Å². The molecule has 6 nitrogen and oxygen atoms in total. The number of carbonyl (C=O) groups excluding carboxylic acids is 2. The lowest BCUT2D eigenvalue weighted by atomic mass is 9.83. The first-order valence-electron chi connectivity index (χ1n) is 8.92. The van der Waals surface area contributed by atoms with Crippen molar-refractivity contribution in [1.29, 1.82) is 0 Å². The van der Waals surface area contributed by atoms with E-state index in [4.69, 9.17) is 4.84 Å². The maximum atomic E-state index is 13.2. The zero-order chi connectivity index (χ0) is 16.7. The van der Waals surface area contributed by atoms with Crippen molar-refractivity contribution in [2.24, 2.45) is 5.92 Å². The van der Waals surface area contributed by atoms with Crippen LogP contribution in [0.25, 0.3) is 0 Å². The Kier molecular flexibility index (Phi) is 4.65. The number of amides is 2. The van der Waals surface area contributed by atoms with Crippen molar-refractivity contribution < 1.29 is 14.4 Å². The van der Waals surface area contributed by atoms with Crippen LogP contribution in [0.3, 0.4) is 0 Å². The van der Waals surface area contributed by atoms with Crippen molar-refractivity contribution in [3.63, 3.8) is 0 Å². The average molecular weight is 323 g/mol. The lowest BCUT2D eigenvalue weighted by Crippen LogP contribution is -2.67. The Balaban J connectivity index is 1.84. The molecule has 0 aromatic rings. The van der Waals surface area contributed by atoms with E-state index in [-0.39, 0.29) is 48.0 Å². The summed E-state index contributed by atoms with van der Waals surface area (Å²) in [4.78, 5) is 34.8. The quantitative estimate of drug-likeness (QED) is 0.790. The number of fused-ring (bicyclic) bond motifs is 1. The molecule has 2 amide bonds. The number of hydroxylamine groups is 1. The van der Waals surface area contributed by atoms with Gasteiger partial charge in [-0.2, -0.15) is 5.48 Å². The third kappa shape index (κ3) is 2.87. The molecule has 0 aromatic heterocycles. The minimum Gasteiger partial charge on any atom is -0.335 e. The SMILES string of the molecule is CC(=O)N1C2CCCCC2N(C(=O)C2C(C)NOC2C)C[C@@H]1C. The summed E-state index contributed by atoms with van der Waals surface area (Å²) in [6.45, 7) is 8.29. The van der Waals surface area contributed by atoms with Crippen LogP contribution in [0.4, 0.5) is 0 Å². The highest BCUT2D eigenvalue weighted by molar-refractivity contribution is 5.82. The second-order valence-corrected chi connectivity index (χ2v) is 7.44. The normalized spacial score (nSPS) is 40.9. The largest absolute Gasteiger partial charge is 0.335 e. The number of piperazine rings is 1. The molecule has 6 atom stereocenters. The second kappa shape index (κ2) is 6.40. The Morgan fingerprint density at radius 3 is 2.30 bits per heavy atom. The molecule has 2 aliphatic heterocycles. The van der Waals surface area contributed by atoms with Gasteiger partial charge in [0.25, 0.3) is 0 Å². The average Bonchev–Trinajstić information content (AvgIpc) is 2.84. The number of rotatable bonds is 1. The Hall–Kier alpha value is -1.14. The molecule has 1 N–H and O–H groups in total. The molecule has 6 heteroatoms. The maximum absolute atomic E-state index is 13.2. The monoisotopic (exact) mass is 323 g/mol. The smallest absolute Gasteiger partial charge is 0.230 e. The molecule has 0 aromatic carbocycles. The highest BCUT2D eigenvalue weighted by atomic mass is 16.7. The minimum atomic E-state index is -0.145. The molecule has 23 heavy (non-hydrogen) atoms. The van der Waals surface area contributed by atoms with Gasteiger partial charge in [-0.25, -0.2) is 0 Å². The van der Waals surface area contributed by atoms with E-state index in [1.54, 1.807) is 6.92 Å². The van der Waals surface area contributed by atoms with Crippen molar-refractivity contribution in [3.8, 4) is 0 Å². The summed E-state index contributed by atoms with van der Waals surface area (Å²) < 4.78 is 0. The standard InChI is InChI=1S/C17H29N3O3/c1-10-9-19(17(22)16-11(2)18-23-12(16)3)14-7-5-6-8-15(14)20(10)13(4)21/h10-12,14-16,18H,5-9H2,1-4H3/t10-,11?,12?,14?,15?,16?/m0/s1. The summed E-state index contributed by atoms with van der Waals surface area (Å²) in [6.07, 6.45) is 4.16. The molecule has 2 heterocycles. The first-order chi connectivity index (χ1) is 10.9. The van der Waals surface area contributed by atoms with Crippen LogP contribution in [0, 0.1) is 5.92 Å². The molecule has 0 bridgehead atoms. The third-order valence-electron chi connectivity index (χ3n) is 5.80. The van der Waals surface area contributed by atoms with E-state index in [1.807, 2.05) is 18.7 Å². The van der Waals surface area contributed by atoms with Gasteiger partial charge in [-0.3, -0.25) is 14.4 Å². The van der Waals surface area contributed by atoms with Crippen LogP contribution in [-0.4, -0.2) is 58.4 Å². The second-order valence-electron chi connectivity index (χ2n) is 7.44. The van der Waals surface area contributed by atoms with Gasteiger partial charge in [0.1, 0.15) is 0 Å². The van der Waals surface area contributed by atoms with E-state index in [0.717, 1.165) is 25.7 Å². The lowest BCUT2D eigenvalue weighted by Gasteiger charge is -2.53. The predicted octanol–water partition coefficient (Wildman–Crippen LogP) is 1.30. The van der Waals surface area contributed by atoms with E-state index in [0.29, 0.717) is 6.54 Å². The summed E-state index contributed by atoms with van der Waals surface area (Å²) in [6, 6.07) is 0.448. The Morgan fingerprint density at radius 2 is 1.74 bits per heavy atom. The van der Waals surface area contributed by atoms with Crippen LogP contribution in [0.2, 0.25) is 0 Å². The molecular weight excluding hydrogens is 294 g/mol. The molecular formula is C17H29N3O3. The molecule has 3 rings (SSSR count). The predicted molar refractivity (Wildman–Crippen MR) is 86.4 cm³/mol. The molecule has 130 valence electrons. The summed E-state index contributed by atoms with van der Waals surface area (Å²) in [5.41, 5.74) is 2.94. The van der Waals surface area contributed by atoms with Crippen molar-refractivity contribution in [3.05, 3.63) is 0 Å². The van der Waals surface area contributed by atoms with Gasteiger partial charge in [0.2, 0.25) is 11.8 Å². The highest BCUT2D eigenvalue weighted by Crippen LogP contribution is 2.35. The van der Waals surface area contributed by atoms with Crippen LogP contribution in [0.15, 0.2) is 0 Å². The van der Waals surface area contributed by atoms with E-state index >= 15 is 0 Å². The lowest BCUT2D eigenvalue weighted by molar-refractivity contribution is -0.156. The van der Waals surface area contributed by atoms with E-state index in [1.165, 1.54) is 0 Å². The van der Waals surface area contributed by atoms with Gasteiger partial charge >= 0.3 is 0 Å². The van der Waals surface area contributed by atoms with Crippen molar-refractivity contribution >= 4 is 11.8 Å². The first-order valence-corrected chi connectivity index (χ1v) is 8.92. The Morgan fingerprint density at radius 1 is 1.09 bits per heavy atom. The topological polar surface area (TPSA) is 61.9 Å². The molecule has 1 aliphatic carbocycles. The summed E-state index contributed by atoms with van der Waals surface area (Å²) in [5, 5.41) is 0. The fourth-order valence-corrected chi connectivity index (χ4v) is 4.79. The van der Waals surface area contributed by atoms with Gasteiger partial charge in [-0.05, 0) is 33.6 Å². The molecule has 3 fully saturated rings. The van der Waals surface area contributed by atoms with Gasteiger partial charge in [0.15, 0.2) is 0 Å². The molecule has 1 saturated carbocycles. The zero-order valence-electron chi connectivity index (χ0n) is 14.6. The molecule has 5 unspecified atom stereocenters. The van der Waals surface area contributed by atoms with Crippen molar-refractivity contribution in [1.82, 2.24) is 15.3 Å². The van der Waals surface area contributed by atoms with E-state index in [2.05, 4.69) is 17.3 Å². The van der Waals surface area contributed by atoms with Gasteiger partial charge in [0.05, 0.1) is 24.1 Å². The number of nitrogens with zero attached hydrogens (tertiary/aromatic N) is 2. The Labute approximate surface area is 138 Å². The number of hydrogen-bond donors (Lipinski definition) is 1. The van der Waals surface area contributed by atoms with E-state index < -0.39 is 0 Å². The van der Waals surface area contributed by atoms with Gasteiger partial charge in [0, 0.05) is 25.6 Å². The van der Waals surface area contributed by atoms with Crippen molar-refractivity contribution in [2.45, 2.75) is 83.6 Å². The number of carbonyl (C=O) groups is 2. The molecule has 3 aliphatic rings. The highest BCUT2D eigenvalue weighted by Gasteiger charge is 2.48. The number of nitrogens with one attached hydrogen (secondary N) is 1. The van der Waals surface area contributed by atoms with Crippen LogP contribution in [-0.2, 0) is 14.4 Å². The molecule has 0 radical (unpaired) electrons. The van der Waals surface area contributed by atoms with Gasteiger partial charge in [-0.15, -0.1) is 0 Å². The zero-order valence-corrected chi connectivity index (χ0v) is 14.6. The van der Waals surface area contributed by atoms with Crippen LogP contribution in [0.5, 0.6) is 0 Å². The summed E-state index contributed by atoms with van der Waals surface area (Å²) in [7, 11) is 0. The first kappa shape index (κ1) is 16.7. The summed E-state index contributed by atoms with van der Waals surface area (Å²) in [5.74, 6) is 0.171. The maximum Gasteiger partial charge on any atom is 0.230 e. The molecule has 0 spiro atoms. The fraction of sp³-hybridized carbons (Fsp3) is 0.882. The number of hydrogen-bond acceptors (Lipinski definition) is 4. The van der Waals surface area contributed by atoms with Crippen LogP contribution < -0.4 is 5.48 Å². The third-order valence-corrected chi connectivity index (χ3v) is 5.80. The minimum absolute atomic E-state index is 0.0284. The molecule has 2 saturated heterocycles. The van der Waals surface area contributed by atoms with Crippen LogP contribution in [0.1, 0.15) is 53.4 Å². The van der Waals surface area contributed by atoms with Crippen molar-refractivity contribution in [2.75, 3.05) is 6.54 Å². The summed E-state index contributed by atoms with van der Waals surface area (Å²) >= 11 is 0. The fourth-order valence-electron chi connectivity index (χ4n) is 4.79. The van der Waals surface area contributed by atoms with Gasteiger partial charge < -0.3 is 9.80 Å². The van der Waals surface area contributed by atoms with Crippen LogP contribution >= 0.6 is 0 Å². The Bertz CT molecular complexity index is 474. The van der Waals surface area contributed by atoms with E-state index in [9.17, 15) is 9.59 Å².